The van der Waals surface area contributed by atoms with Gasteiger partial charge in [-0.15, -0.1) is 0 Å². The number of rotatable bonds is 8. The van der Waals surface area contributed by atoms with E-state index >= 15 is 0 Å². The van der Waals surface area contributed by atoms with Gasteiger partial charge in [-0.1, -0.05) is 26.0 Å². The van der Waals surface area contributed by atoms with E-state index in [-0.39, 0.29) is 23.8 Å². The van der Waals surface area contributed by atoms with Crippen LogP contribution in [0.25, 0.3) is 0 Å². The van der Waals surface area contributed by atoms with Crippen LogP contribution < -0.4 is 10.2 Å². The smallest absolute Gasteiger partial charge is 0.241 e. The number of fused-ring (bicyclic) bond motifs is 1. The Kier molecular flexibility index (Phi) is 9.08. The van der Waals surface area contributed by atoms with Crippen molar-refractivity contribution in [3.05, 3.63) is 58.7 Å². The quantitative estimate of drug-likeness (QED) is 0.443. The van der Waals surface area contributed by atoms with Crippen LogP contribution in [0.15, 0.2) is 30.3 Å². The molecule has 3 N–H and O–H groups in total. The summed E-state index contributed by atoms with van der Waals surface area (Å²) >= 11 is 0. The molecule has 3 aliphatic heterocycles. The number of ether oxygens (including phenoxy) is 1. The van der Waals surface area contributed by atoms with E-state index in [1.54, 1.807) is 12.1 Å². The number of aromatic nitrogens is 1. The number of carbonyl (C=O) groups excluding carboxylic acids is 1. The number of carbonyl (C=O) groups is 1. The number of piperazine rings is 1. The molecule has 0 aliphatic carbocycles. The zero-order valence-corrected chi connectivity index (χ0v) is 24.6. The molecule has 1 aromatic carbocycles. The summed E-state index contributed by atoms with van der Waals surface area (Å²) in [4.78, 5) is 25.5. The summed E-state index contributed by atoms with van der Waals surface area (Å²) < 4.78 is 19.2. The number of anilines is 1. The first-order chi connectivity index (χ1) is 19.6. The van der Waals surface area contributed by atoms with Gasteiger partial charge in [0.2, 0.25) is 5.91 Å². The molecular weight excluding hydrogens is 525 g/mol. The number of amides is 1. The highest BCUT2D eigenvalue weighted by molar-refractivity contribution is 5.97. The molecule has 0 unspecified atom stereocenters. The van der Waals surface area contributed by atoms with E-state index in [9.17, 15) is 19.4 Å². The van der Waals surface area contributed by atoms with Crippen LogP contribution in [-0.4, -0.2) is 108 Å². The predicted molar refractivity (Wildman–Crippen MR) is 156 cm³/mol. The topological polar surface area (TPSA) is 101 Å². The first kappa shape index (κ1) is 30.0. The monoisotopic (exact) mass is 569 g/mol. The third-order valence-corrected chi connectivity index (χ3v) is 8.71. The minimum absolute atomic E-state index is 0.0240. The van der Waals surface area contributed by atoms with Crippen molar-refractivity contribution in [2.45, 2.75) is 63.8 Å². The summed E-state index contributed by atoms with van der Waals surface area (Å²) in [5, 5.41) is 24.0. The maximum atomic E-state index is 14.0. The largest absolute Gasteiger partial charge is 0.393 e. The average molecular weight is 570 g/mol. The highest BCUT2D eigenvalue weighted by atomic mass is 19.1. The summed E-state index contributed by atoms with van der Waals surface area (Å²) in [5.41, 5.74) is 3.01. The first-order valence-electron chi connectivity index (χ1n) is 14.7. The van der Waals surface area contributed by atoms with Gasteiger partial charge < -0.3 is 25.2 Å². The van der Waals surface area contributed by atoms with Crippen LogP contribution in [0, 0.1) is 5.82 Å². The Hall–Kier alpha value is -2.47. The number of pyridine rings is 1. The van der Waals surface area contributed by atoms with E-state index in [0.717, 1.165) is 56.3 Å². The van der Waals surface area contributed by atoms with Crippen molar-refractivity contribution in [1.82, 2.24) is 20.1 Å². The van der Waals surface area contributed by atoms with E-state index in [2.05, 4.69) is 42.8 Å². The number of hydrogen-bond acceptors (Lipinski definition) is 8. The van der Waals surface area contributed by atoms with Crippen molar-refractivity contribution in [2.75, 3.05) is 64.0 Å². The molecule has 5 rings (SSSR count). The van der Waals surface area contributed by atoms with E-state index in [1.165, 1.54) is 12.1 Å². The Morgan fingerprint density at radius 2 is 2.00 bits per heavy atom. The van der Waals surface area contributed by atoms with Gasteiger partial charge in [-0.3, -0.25) is 19.6 Å². The van der Waals surface area contributed by atoms with Gasteiger partial charge in [-0.25, -0.2) is 4.39 Å². The van der Waals surface area contributed by atoms with Gasteiger partial charge in [0.1, 0.15) is 11.9 Å². The maximum Gasteiger partial charge on any atom is 0.241 e. The summed E-state index contributed by atoms with van der Waals surface area (Å²) in [6.07, 6.45) is -0.758. The molecule has 2 aromatic rings. The molecule has 4 atom stereocenters. The second-order valence-corrected chi connectivity index (χ2v) is 12.6. The van der Waals surface area contributed by atoms with Crippen LogP contribution in [0.3, 0.4) is 0 Å². The lowest BCUT2D eigenvalue weighted by molar-refractivity contribution is -0.121. The number of benzene rings is 1. The van der Waals surface area contributed by atoms with Crippen LogP contribution in [0.1, 0.15) is 56.3 Å². The number of nitrogens with one attached hydrogen (secondary N) is 1. The molecule has 9 nitrogen and oxygen atoms in total. The Morgan fingerprint density at radius 3 is 2.71 bits per heavy atom. The summed E-state index contributed by atoms with van der Waals surface area (Å²) in [7, 11) is 0. The van der Waals surface area contributed by atoms with Crippen LogP contribution in [0.5, 0.6) is 0 Å². The lowest BCUT2D eigenvalue weighted by atomic mass is 9.90. The Labute approximate surface area is 242 Å². The molecule has 0 bridgehead atoms. The zero-order chi connectivity index (χ0) is 29.3. The molecule has 0 saturated carbocycles. The maximum absolute atomic E-state index is 14.0. The highest BCUT2D eigenvalue weighted by Gasteiger charge is 2.42. The van der Waals surface area contributed by atoms with Crippen LogP contribution in [0.2, 0.25) is 0 Å². The fourth-order valence-electron chi connectivity index (χ4n) is 6.35. The van der Waals surface area contributed by atoms with Gasteiger partial charge in [0.05, 0.1) is 43.4 Å². The SMILES string of the molecule is C[C@@H]1CN(CC(=O)N2CC(C)(C)c3nc([C@@H](O)CO)c(Cc4ccc(F)cc4)cc32)[C@@H](CN2CCOC[C@H]2C)CN1. The normalized spacial score (nSPS) is 25.7. The second kappa shape index (κ2) is 12.4. The molecule has 2 fully saturated rings. The van der Waals surface area contributed by atoms with Crippen molar-refractivity contribution in [1.29, 1.82) is 0 Å². The Balaban J connectivity index is 1.41. The number of aliphatic hydroxyl groups excluding tert-OH is 2. The molecule has 1 aromatic heterocycles. The van der Waals surface area contributed by atoms with Gasteiger partial charge in [0.15, 0.2) is 0 Å². The Bertz CT molecular complexity index is 1230. The number of hydrogen-bond donors (Lipinski definition) is 3. The molecule has 4 heterocycles. The van der Waals surface area contributed by atoms with Crippen molar-refractivity contribution in [2.24, 2.45) is 0 Å². The van der Waals surface area contributed by atoms with Crippen LogP contribution in [0.4, 0.5) is 10.1 Å². The van der Waals surface area contributed by atoms with E-state index in [1.807, 2.05) is 11.0 Å². The summed E-state index contributed by atoms with van der Waals surface area (Å²) in [6.45, 7) is 13.6. The van der Waals surface area contributed by atoms with Gasteiger partial charge in [-0.05, 0) is 49.6 Å². The number of halogens is 1. The molecule has 41 heavy (non-hydrogen) atoms. The van der Waals surface area contributed by atoms with Crippen molar-refractivity contribution in [3.8, 4) is 0 Å². The van der Waals surface area contributed by atoms with Crippen LogP contribution in [-0.2, 0) is 21.4 Å². The second-order valence-electron chi connectivity index (χ2n) is 12.6. The average Bonchev–Trinajstić information content (AvgIpc) is 3.21. The molecular formula is C31H44FN5O4. The van der Waals surface area contributed by atoms with Gasteiger partial charge in [-0.2, -0.15) is 0 Å². The minimum Gasteiger partial charge on any atom is -0.393 e. The molecule has 224 valence electrons. The molecule has 10 heteroatoms. The molecule has 2 saturated heterocycles. The Morgan fingerprint density at radius 1 is 1.24 bits per heavy atom. The molecule has 0 radical (unpaired) electrons. The number of nitrogens with zero attached hydrogens (tertiary/aromatic N) is 4. The number of morpholine rings is 1. The third kappa shape index (κ3) is 6.63. The zero-order valence-electron chi connectivity index (χ0n) is 24.6. The fraction of sp³-hybridized carbons (Fsp3) is 0.613. The first-order valence-corrected chi connectivity index (χ1v) is 14.7. The molecule has 3 aliphatic rings. The van der Waals surface area contributed by atoms with Crippen molar-refractivity contribution in [3.63, 3.8) is 0 Å². The van der Waals surface area contributed by atoms with Crippen LogP contribution >= 0.6 is 0 Å². The van der Waals surface area contributed by atoms with E-state index in [0.29, 0.717) is 36.8 Å². The van der Waals surface area contributed by atoms with Gasteiger partial charge in [0, 0.05) is 56.3 Å². The minimum atomic E-state index is -1.15. The number of aliphatic hydroxyl groups is 2. The molecule has 0 spiro atoms. The standard InChI is InChI=1S/C31H44FN5O4/c1-20-14-36(25(13-33-20)15-35-9-10-41-18-21(35)2)16-28(40)37-19-31(3,4)30-26(37)12-23(29(34-30)27(39)17-38)11-22-5-7-24(32)8-6-22/h5-8,12,20-21,25,27,33,38-39H,9-11,13-19H2,1-4H3/t20-,21-,25-,27+/m1/s1. The predicted octanol–water partition coefficient (Wildman–Crippen LogP) is 1.84. The van der Waals surface area contributed by atoms with E-state index in [4.69, 9.17) is 9.72 Å². The summed E-state index contributed by atoms with van der Waals surface area (Å²) in [6, 6.07) is 8.98. The lowest BCUT2D eigenvalue weighted by Gasteiger charge is -2.43. The van der Waals surface area contributed by atoms with Crippen molar-refractivity contribution >= 4 is 11.6 Å². The van der Waals surface area contributed by atoms with Gasteiger partial charge in [0.25, 0.3) is 0 Å². The fourth-order valence-corrected chi connectivity index (χ4v) is 6.35. The third-order valence-electron chi connectivity index (χ3n) is 8.71. The summed E-state index contributed by atoms with van der Waals surface area (Å²) in [5.74, 6) is -0.297. The highest BCUT2D eigenvalue weighted by Crippen LogP contribution is 2.41. The van der Waals surface area contributed by atoms with Crippen molar-refractivity contribution < 1.29 is 24.1 Å². The lowest BCUT2D eigenvalue weighted by Crippen LogP contribution is -2.62. The molecule has 1 amide bonds. The van der Waals surface area contributed by atoms with E-state index < -0.39 is 18.1 Å². The van der Waals surface area contributed by atoms with Gasteiger partial charge >= 0.3 is 0 Å².